The van der Waals surface area contributed by atoms with E-state index in [1.54, 1.807) is 30.1 Å². The van der Waals surface area contributed by atoms with Crippen LogP contribution in [0.3, 0.4) is 0 Å². The number of benzene rings is 1. The molecule has 1 aromatic carbocycles. The SMILES string of the molecule is CCCNC(=O)Nc1ccc2c(c1)C(=O)N(C)[C@@H]1CC[C@H](CC(=O)NCCCN(C)C)O[C@@H]1CO2. The molecule has 2 aliphatic heterocycles. The Morgan fingerprint density at radius 2 is 1.97 bits per heavy atom. The summed E-state index contributed by atoms with van der Waals surface area (Å²) in [6.07, 6.45) is 2.92. The Hall–Kier alpha value is -2.85. The van der Waals surface area contributed by atoms with Crippen molar-refractivity contribution in [1.82, 2.24) is 20.4 Å². The fourth-order valence-corrected chi connectivity index (χ4v) is 4.42. The molecule has 0 unspecified atom stereocenters. The number of hydrogen-bond donors (Lipinski definition) is 3. The zero-order valence-corrected chi connectivity index (χ0v) is 21.3. The maximum atomic E-state index is 13.3. The third-order valence-corrected chi connectivity index (χ3v) is 6.32. The second-order valence-corrected chi connectivity index (χ2v) is 9.47. The number of likely N-dealkylation sites (N-methyl/N-ethyl adjacent to an activating group) is 1. The van der Waals surface area contributed by atoms with Gasteiger partial charge in [0.25, 0.3) is 5.91 Å². The predicted octanol–water partition coefficient (Wildman–Crippen LogP) is 2.06. The van der Waals surface area contributed by atoms with E-state index in [0.717, 1.165) is 25.8 Å². The van der Waals surface area contributed by atoms with E-state index in [9.17, 15) is 14.4 Å². The van der Waals surface area contributed by atoms with Crippen LogP contribution in [0.2, 0.25) is 0 Å². The Labute approximate surface area is 207 Å². The molecule has 194 valence electrons. The van der Waals surface area contributed by atoms with Crippen LogP contribution in [0.4, 0.5) is 10.5 Å². The first-order chi connectivity index (χ1) is 16.8. The maximum Gasteiger partial charge on any atom is 0.319 e. The van der Waals surface area contributed by atoms with Crippen LogP contribution in [0.15, 0.2) is 18.2 Å². The Morgan fingerprint density at radius 1 is 1.17 bits per heavy atom. The summed E-state index contributed by atoms with van der Waals surface area (Å²) in [5.41, 5.74) is 0.926. The van der Waals surface area contributed by atoms with Crippen molar-refractivity contribution in [3.63, 3.8) is 0 Å². The number of nitrogens with one attached hydrogen (secondary N) is 3. The third-order valence-electron chi connectivity index (χ3n) is 6.32. The average molecular weight is 490 g/mol. The van der Waals surface area contributed by atoms with E-state index >= 15 is 0 Å². The van der Waals surface area contributed by atoms with Gasteiger partial charge in [-0.2, -0.15) is 0 Å². The number of hydrogen-bond acceptors (Lipinski definition) is 6. The van der Waals surface area contributed by atoms with Gasteiger partial charge in [0.15, 0.2) is 0 Å². The minimum absolute atomic E-state index is 0.0169. The molecule has 0 aliphatic carbocycles. The molecular weight excluding hydrogens is 450 g/mol. The van der Waals surface area contributed by atoms with Crippen molar-refractivity contribution in [2.75, 3.05) is 52.7 Å². The van der Waals surface area contributed by atoms with E-state index in [2.05, 4.69) is 20.9 Å². The number of ether oxygens (including phenoxy) is 2. The first kappa shape index (κ1) is 26.7. The summed E-state index contributed by atoms with van der Waals surface area (Å²) < 4.78 is 12.2. The molecule has 3 rings (SSSR count). The zero-order chi connectivity index (χ0) is 25.4. The topological polar surface area (TPSA) is 112 Å². The number of carbonyl (C=O) groups is 3. The molecular formula is C25H39N5O5. The lowest BCUT2D eigenvalue weighted by Crippen LogP contribution is -2.54. The Kier molecular flexibility index (Phi) is 9.73. The number of anilines is 1. The van der Waals surface area contributed by atoms with E-state index in [1.807, 2.05) is 21.0 Å². The second-order valence-electron chi connectivity index (χ2n) is 9.47. The van der Waals surface area contributed by atoms with Crippen LogP contribution in [0.25, 0.3) is 0 Å². The highest BCUT2D eigenvalue weighted by Crippen LogP contribution is 2.32. The fraction of sp³-hybridized carbons (Fsp3) is 0.640. The minimum atomic E-state index is -0.324. The van der Waals surface area contributed by atoms with E-state index in [0.29, 0.717) is 42.9 Å². The molecule has 2 heterocycles. The molecule has 1 fully saturated rings. The molecule has 0 saturated carbocycles. The Morgan fingerprint density at radius 3 is 2.71 bits per heavy atom. The van der Waals surface area contributed by atoms with E-state index in [-0.39, 0.29) is 42.7 Å². The average Bonchev–Trinajstić information content (AvgIpc) is 2.83. The molecule has 1 saturated heterocycles. The van der Waals surface area contributed by atoms with Crippen molar-refractivity contribution in [3.05, 3.63) is 23.8 Å². The molecule has 35 heavy (non-hydrogen) atoms. The van der Waals surface area contributed by atoms with Crippen LogP contribution in [0.5, 0.6) is 5.75 Å². The summed E-state index contributed by atoms with van der Waals surface area (Å²) in [6.45, 7) is 4.39. The number of rotatable bonds is 9. The summed E-state index contributed by atoms with van der Waals surface area (Å²) in [6, 6.07) is 4.58. The van der Waals surface area contributed by atoms with Crippen molar-refractivity contribution in [2.24, 2.45) is 0 Å². The number of nitrogens with zero attached hydrogens (tertiary/aromatic N) is 2. The Bertz CT molecular complexity index is 893. The molecule has 0 spiro atoms. The van der Waals surface area contributed by atoms with Crippen molar-refractivity contribution in [1.29, 1.82) is 0 Å². The van der Waals surface area contributed by atoms with Gasteiger partial charge in [0.05, 0.1) is 24.1 Å². The van der Waals surface area contributed by atoms with Crippen LogP contribution >= 0.6 is 0 Å². The maximum absolute atomic E-state index is 13.3. The van der Waals surface area contributed by atoms with Gasteiger partial charge < -0.3 is 35.2 Å². The summed E-state index contributed by atoms with van der Waals surface area (Å²) in [4.78, 5) is 41.4. The van der Waals surface area contributed by atoms with Crippen molar-refractivity contribution >= 4 is 23.5 Å². The normalized spacial score (nSPS) is 21.8. The zero-order valence-electron chi connectivity index (χ0n) is 21.3. The van der Waals surface area contributed by atoms with Crippen molar-refractivity contribution in [3.8, 4) is 5.75 Å². The Balaban J connectivity index is 1.60. The molecule has 0 radical (unpaired) electrons. The van der Waals surface area contributed by atoms with Gasteiger partial charge >= 0.3 is 6.03 Å². The smallest absolute Gasteiger partial charge is 0.319 e. The van der Waals surface area contributed by atoms with Gasteiger partial charge in [0.2, 0.25) is 5.91 Å². The van der Waals surface area contributed by atoms with Gasteiger partial charge in [-0.15, -0.1) is 0 Å². The van der Waals surface area contributed by atoms with E-state index in [1.165, 1.54) is 0 Å². The molecule has 10 nitrogen and oxygen atoms in total. The third kappa shape index (κ3) is 7.57. The molecule has 1 aromatic rings. The highest BCUT2D eigenvalue weighted by molar-refractivity contribution is 5.99. The molecule has 4 amide bonds. The second kappa shape index (κ2) is 12.7. The van der Waals surface area contributed by atoms with Crippen molar-refractivity contribution in [2.45, 2.75) is 57.3 Å². The first-order valence-corrected chi connectivity index (χ1v) is 12.4. The lowest BCUT2D eigenvalue weighted by molar-refractivity contribution is -0.134. The monoisotopic (exact) mass is 489 g/mol. The summed E-state index contributed by atoms with van der Waals surface area (Å²) in [5.74, 6) is 0.244. The van der Waals surface area contributed by atoms with Gasteiger partial charge in [-0.25, -0.2) is 4.79 Å². The number of urea groups is 1. The summed E-state index contributed by atoms with van der Waals surface area (Å²) in [7, 11) is 5.78. The van der Waals surface area contributed by atoms with Gasteiger partial charge in [-0.05, 0) is 64.5 Å². The molecule has 3 atom stereocenters. The fourth-order valence-electron chi connectivity index (χ4n) is 4.42. The van der Waals surface area contributed by atoms with Gasteiger partial charge in [-0.3, -0.25) is 9.59 Å². The van der Waals surface area contributed by atoms with Crippen LogP contribution in [0, 0.1) is 0 Å². The largest absolute Gasteiger partial charge is 0.490 e. The number of amides is 4. The standard InChI is InChI=1S/C25H39N5O5/c1-5-11-27-25(33)28-17-7-10-21-19(14-17)24(32)30(4)20-9-8-18(35-22(20)16-34-21)15-23(31)26-12-6-13-29(2)3/h7,10,14,18,20,22H,5-6,8-9,11-13,15-16H2,1-4H3,(H,26,31)(H2,27,28,33)/t18-,20-,22-/m1/s1. The van der Waals surface area contributed by atoms with Gasteiger partial charge in [-0.1, -0.05) is 6.92 Å². The molecule has 0 aromatic heterocycles. The molecule has 0 bridgehead atoms. The molecule has 3 N–H and O–H groups in total. The van der Waals surface area contributed by atoms with Crippen LogP contribution in [0.1, 0.15) is 49.4 Å². The highest BCUT2D eigenvalue weighted by atomic mass is 16.5. The summed E-state index contributed by atoms with van der Waals surface area (Å²) in [5, 5.41) is 8.48. The quantitative estimate of drug-likeness (QED) is 0.458. The lowest BCUT2D eigenvalue weighted by Gasteiger charge is -2.42. The molecule has 2 aliphatic rings. The number of fused-ring (bicyclic) bond motifs is 2. The first-order valence-electron chi connectivity index (χ1n) is 12.4. The van der Waals surface area contributed by atoms with E-state index < -0.39 is 0 Å². The lowest BCUT2D eigenvalue weighted by atomic mass is 9.94. The summed E-state index contributed by atoms with van der Waals surface area (Å²) >= 11 is 0. The van der Waals surface area contributed by atoms with Crippen LogP contribution < -0.4 is 20.7 Å². The highest BCUT2D eigenvalue weighted by Gasteiger charge is 2.39. The van der Waals surface area contributed by atoms with Crippen LogP contribution in [-0.2, 0) is 9.53 Å². The van der Waals surface area contributed by atoms with Crippen molar-refractivity contribution < 1.29 is 23.9 Å². The van der Waals surface area contributed by atoms with Gasteiger partial charge in [0.1, 0.15) is 18.5 Å². The van der Waals surface area contributed by atoms with Gasteiger partial charge in [0, 0.05) is 25.8 Å². The predicted molar refractivity (Wildman–Crippen MR) is 134 cm³/mol. The number of carbonyl (C=O) groups excluding carboxylic acids is 3. The van der Waals surface area contributed by atoms with E-state index in [4.69, 9.17) is 9.47 Å². The van der Waals surface area contributed by atoms with Crippen LogP contribution in [-0.4, -0.2) is 93.3 Å². The minimum Gasteiger partial charge on any atom is -0.490 e. The molecule has 10 heteroatoms.